The van der Waals surface area contributed by atoms with Gasteiger partial charge >= 0.3 is 0 Å². The van der Waals surface area contributed by atoms with E-state index in [1.54, 1.807) is 0 Å². The molecule has 0 spiro atoms. The summed E-state index contributed by atoms with van der Waals surface area (Å²) in [7, 11) is 0. The Morgan fingerprint density at radius 2 is 1.60 bits per heavy atom. The van der Waals surface area contributed by atoms with Crippen molar-refractivity contribution >= 4 is 0 Å². The molecule has 0 amide bonds. The Kier molecular flexibility index (Phi) is 14.3. The zero-order valence-corrected chi connectivity index (χ0v) is 8.15. The zero-order chi connectivity index (χ0) is 8.41. The first kappa shape index (κ1) is 12.4. The van der Waals surface area contributed by atoms with Crippen LogP contribution in [-0.4, -0.2) is 0 Å². The number of allylic oxidation sites excluding steroid dienone is 2. The molecule has 0 saturated carbocycles. The van der Waals surface area contributed by atoms with Crippen molar-refractivity contribution in [2.24, 2.45) is 5.92 Å². The fourth-order valence-electron chi connectivity index (χ4n) is 0.465. The van der Waals surface area contributed by atoms with Crippen LogP contribution < -0.4 is 0 Å². The molecule has 0 radical (unpaired) electrons. The number of hydrogen-bond acceptors (Lipinski definition) is 0. The van der Waals surface area contributed by atoms with E-state index in [1.165, 1.54) is 12.8 Å². The van der Waals surface area contributed by atoms with Crippen LogP contribution in [0.1, 0.15) is 47.5 Å². The quantitative estimate of drug-likeness (QED) is 0.511. The van der Waals surface area contributed by atoms with Crippen molar-refractivity contribution in [2.75, 3.05) is 0 Å². The maximum atomic E-state index is 2.22. The fraction of sp³-hybridized carbons (Fsp3) is 0.800. The molecular weight excluding hydrogens is 120 g/mol. The summed E-state index contributed by atoms with van der Waals surface area (Å²) in [6.07, 6.45) is 6.83. The zero-order valence-electron chi connectivity index (χ0n) is 8.15. The van der Waals surface area contributed by atoms with Gasteiger partial charge in [0.25, 0.3) is 0 Å². The summed E-state index contributed by atoms with van der Waals surface area (Å²) in [5.41, 5.74) is 0. The molecule has 0 aromatic rings. The third kappa shape index (κ3) is 15.6. The first-order valence-electron chi connectivity index (χ1n) is 4.35. The van der Waals surface area contributed by atoms with E-state index >= 15 is 0 Å². The molecule has 0 saturated heterocycles. The molecule has 0 N–H and O–H groups in total. The van der Waals surface area contributed by atoms with Crippen LogP contribution in [-0.2, 0) is 0 Å². The second kappa shape index (κ2) is 11.5. The molecule has 0 rings (SSSR count). The van der Waals surface area contributed by atoms with Crippen LogP contribution in [0.25, 0.3) is 0 Å². The molecule has 0 aliphatic rings. The summed E-state index contributed by atoms with van der Waals surface area (Å²) in [5, 5.41) is 0. The van der Waals surface area contributed by atoms with E-state index in [4.69, 9.17) is 0 Å². The summed E-state index contributed by atoms with van der Waals surface area (Å²) < 4.78 is 0. The average Bonchev–Trinajstić information content (AvgIpc) is 1.90. The Balaban J connectivity index is 0. The van der Waals surface area contributed by atoms with Crippen LogP contribution in [0.15, 0.2) is 12.2 Å². The Labute approximate surface area is 66.3 Å². The van der Waals surface area contributed by atoms with Crippen molar-refractivity contribution in [3.8, 4) is 0 Å². The Bertz CT molecular complexity index is 62.4. The van der Waals surface area contributed by atoms with Gasteiger partial charge in [0.05, 0.1) is 0 Å². The van der Waals surface area contributed by atoms with E-state index in [0.29, 0.717) is 0 Å². The minimum atomic E-state index is 0.769. The monoisotopic (exact) mass is 142 g/mol. The summed E-state index contributed by atoms with van der Waals surface area (Å²) in [6.45, 7) is 10.7. The number of rotatable bonds is 2. The lowest BCUT2D eigenvalue weighted by molar-refractivity contribution is 0.697. The lowest BCUT2D eigenvalue weighted by atomic mass is 10.1. The van der Waals surface area contributed by atoms with Crippen LogP contribution >= 0.6 is 0 Å². The second-order valence-corrected chi connectivity index (χ2v) is 2.62. The molecule has 0 heteroatoms. The third-order valence-corrected chi connectivity index (χ3v) is 1.16. The van der Waals surface area contributed by atoms with Gasteiger partial charge in [0.15, 0.2) is 0 Å². The van der Waals surface area contributed by atoms with Gasteiger partial charge in [0.1, 0.15) is 0 Å². The van der Waals surface area contributed by atoms with Crippen LogP contribution in [0.2, 0.25) is 0 Å². The second-order valence-electron chi connectivity index (χ2n) is 2.62. The third-order valence-electron chi connectivity index (χ3n) is 1.16. The van der Waals surface area contributed by atoms with Crippen molar-refractivity contribution in [3.63, 3.8) is 0 Å². The van der Waals surface area contributed by atoms with E-state index in [0.717, 1.165) is 5.92 Å². The lowest BCUT2D eigenvalue weighted by Crippen LogP contribution is -1.81. The van der Waals surface area contributed by atoms with Crippen molar-refractivity contribution in [2.45, 2.75) is 47.5 Å². The summed E-state index contributed by atoms with van der Waals surface area (Å²) in [4.78, 5) is 0. The smallest absolute Gasteiger partial charge is 0.0265 e. The normalized spacial score (nSPS) is 12.5. The maximum Gasteiger partial charge on any atom is -0.0265 e. The predicted octanol–water partition coefficient (Wildman–Crippen LogP) is 4.02. The van der Waals surface area contributed by atoms with E-state index in [-0.39, 0.29) is 0 Å². The molecule has 0 bridgehead atoms. The summed E-state index contributed by atoms with van der Waals surface area (Å²) in [5.74, 6) is 0.769. The van der Waals surface area contributed by atoms with Gasteiger partial charge < -0.3 is 0 Å². The van der Waals surface area contributed by atoms with Crippen LogP contribution in [0.5, 0.6) is 0 Å². The first-order chi connectivity index (χ1) is 4.72. The lowest BCUT2D eigenvalue weighted by Gasteiger charge is -1.95. The minimum absolute atomic E-state index is 0.769. The van der Waals surface area contributed by atoms with Crippen LogP contribution in [0.3, 0.4) is 0 Å². The molecule has 10 heavy (non-hydrogen) atoms. The van der Waals surface area contributed by atoms with E-state index < -0.39 is 0 Å². The topological polar surface area (TPSA) is 0 Å². The molecule has 0 fully saturated rings. The Morgan fingerprint density at radius 3 is 1.70 bits per heavy atom. The largest absolute Gasteiger partial charge is 0.0914 e. The molecule has 0 aliphatic heterocycles. The highest BCUT2D eigenvalue weighted by Gasteiger charge is 1.85. The SMILES string of the molecule is C/C=C\C(C)CC.CCC. The number of hydrogen-bond donors (Lipinski definition) is 0. The molecule has 0 heterocycles. The molecule has 0 aliphatic carbocycles. The molecule has 0 aromatic carbocycles. The van der Waals surface area contributed by atoms with Gasteiger partial charge in [-0.05, 0) is 12.8 Å². The highest BCUT2D eigenvalue weighted by Crippen LogP contribution is 2.00. The predicted molar refractivity (Wildman–Crippen MR) is 50.2 cm³/mol. The van der Waals surface area contributed by atoms with Gasteiger partial charge in [-0.1, -0.05) is 52.7 Å². The molecule has 1 atom stereocenters. The van der Waals surface area contributed by atoms with Crippen molar-refractivity contribution in [1.82, 2.24) is 0 Å². The molecule has 0 aromatic heterocycles. The van der Waals surface area contributed by atoms with Crippen LogP contribution in [0, 0.1) is 5.92 Å². The van der Waals surface area contributed by atoms with Gasteiger partial charge in [-0.25, -0.2) is 0 Å². The minimum Gasteiger partial charge on any atom is -0.0914 e. The van der Waals surface area contributed by atoms with E-state index in [2.05, 4.69) is 46.8 Å². The molecule has 62 valence electrons. The summed E-state index contributed by atoms with van der Waals surface area (Å²) in [6, 6.07) is 0. The van der Waals surface area contributed by atoms with Gasteiger partial charge in [-0.2, -0.15) is 0 Å². The Hall–Kier alpha value is -0.260. The van der Waals surface area contributed by atoms with Gasteiger partial charge in [0.2, 0.25) is 0 Å². The molecule has 0 nitrogen and oxygen atoms in total. The average molecular weight is 142 g/mol. The Morgan fingerprint density at radius 1 is 1.20 bits per heavy atom. The van der Waals surface area contributed by atoms with E-state index in [9.17, 15) is 0 Å². The van der Waals surface area contributed by atoms with Crippen LogP contribution in [0.4, 0.5) is 0 Å². The van der Waals surface area contributed by atoms with Crippen molar-refractivity contribution < 1.29 is 0 Å². The van der Waals surface area contributed by atoms with Gasteiger partial charge in [-0.3, -0.25) is 0 Å². The first-order valence-corrected chi connectivity index (χ1v) is 4.35. The summed E-state index contributed by atoms with van der Waals surface area (Å²) >= 11 is 0. The van der Waals surface area contributed by atoms with Gasteiger partial charge in [-0.15, -0.1) is 0 Å². The van der Waals surface area contributed by atoms with Crippen molar-refractivity contribution in [1.29, 1.82) is 0 Å². The molecule has 1 unspecified atom stereocenters. The van der Waals surface area contributed by atoms with Gasteiger partial charge in [0, 0.05) is 0 Å². The van der Waals surface area contributed by atoms with Crippen molar-refractivity contribution in [3.05, 3.63) is 12.2 Å². The maximum absolute atomic E-state index is 2.22. The standard InChI is InChI=1S/C7H14.C3H8/c1-4-6-7(3)5-2;1-3-2/h4,6-7H,5H2,1-3H3;3H2,1-2H3/b6-4-;. The fourth-order valence-corrected chi connectivity index (χ4v) is 0.465. The highest BCUT2D eigenvalue weighted by molar-refractivity contribution is 4.81. The van der Waals surface area contributed by atoms with E-state index in [1.807, 2.05) is 0 Å². The highest BCUT2D eigenvalue weighted by atomic mass is 13.9. The molecular formula is C10H22.